The number of amides is 1. The Morgan fingerprint density at radius 1 is 1.26 bits per heavy atom. The van der Waals surface area contributed by atoms with Crippen LogP contribution < -0.4 is 10.4 Å². The van der Waals surface area contributed by atoms with Crippen molar-refractivity contribution in [3.8, 4) is 0 Å². The van der Waals surface area contributed by atoms with Gasteiger partial charge in [-0.1, -0.05) is 23.8 Å². The van der Waals surface area contributed by atoms with Crippen molar-refractivity contribution in [2.75, 3.05) is 11.6 Å². The van der Waals surface area contributed by atoms with Gasteiger partial charge in [-0.15, -0.1) is 11.3 Å². The molecular weight excluding hydrogens is 256 g/mol. The molecule has 0 unspecified atom stereocenters. The number of rotatable bonds is 5. The highest BCUT2D eigenvalue weighted by Gasteiger charge is 2.09. The van der Waals surface area contributed by atoms with E-state index in [1.807, 2.05) is 53.7 Å². The first kappa shape index (κ1) is 13.6. The average molecular weight is 274 g/mol. The molecule has 4 heteroatoms. The van der Waals surface area contributed by atoms with E-state index in [-0.39, 0.29) is 5.91 Å². The third-order valence-electron chi connectivity index (χ3n) is 2.84. The number of hydrogen-bond donors (Lipinski definition) is 1. The molecule has 3 nitrogen and oxygen atoms in total. The van der Waals surface area contributed by atoms with Crippen molar-refractivity contribution in [3.05, 3.63) is 52.2 Å². The van der Waals surface area contributed by atoms with E-state index in [0.29, 0.717) is 6.42 Å². The second-order valence-corrected chi connectivity index (χ2v) is 5.40. The van der Waals surface area contributed by atoms with Gasteiger partial charge in [0.15, 0.2) is 0 Å². The molecule has 1 aromatic heterocycles. The zero-order valence-corrected chi connectivity index (χ0v) is 12.0. The highest BCUT2D eigenvalue weighted by Crippen LogP contribution is 2.14. The van der Waals surface area contributed by atoms with Gasteiger partial charge < -0.3 is 0 Å². The number of benzene rings is 1. The summed E-state index contributed by atoms with van der Waals surface area (Å²) in [4.78, 5) is 13.1. The van der Waals surface area contributed by atoms with Crippen LogP contribution in [0.2, 0.25) is 0 Å². The van der Waals surface area contributed by atoms with E-state index in [0.717, 1.165) is 17.1 Å². The van der Waals surface area contributed by atoms with Crippen molar-refractivity contribution >= 4 is 22.9 Å². The quantitative estimate of drug-likeness (QED) is 0.849. The van der Waals surface area contributed by atoms with E-state index in [2.05, 4.69) is 12.3 Å². The average Bonchev–Trinajstić information content (AvgIpc) is 2.90. The van der Waals surface area contributed by atoms with Crippen LogP contribution >= 0.6 is 11.3 Å². The van der Waals surface area contributed by atoms with E-state index in [4.69, 9.17) is 0 Å². The third kappa shape index (κ3) is 3.83. The molecule has 0 spiro atoms. The third-order valence-corrected chi connectivity index (χ3v) is 3.71. The Labute approximate surface area is 117 Å². The number of hydrazine groups is 1. The lowest BCUT2D eigenvalue weighted by molar-refractivity contribution is -0.120. The molecule has 100 valence electrons. The summed E-state index contributed by atoms with van der Waals surface area (Å²) in [6, 6.07) is 12.1. The number of aryl methyl sites for hydroxylation is 1. The Kier molecular flexibility index (Phi) is 4.58. The summed E-state index contributed by atoms with van der Waals surface area (Å²) in [7, 11) is 0. The number of carbonyl (C=O) groups excluding carboxylic acids is 1. The smallest absolute Gasteiger partial charge is 0.243 e. The number of nitrogens with zero attached hydrogens (tertiary/aromatic N) is 1. The molecule has 1 N–H and O–H groups in total. The Bertz CT molecular complexity index is 520. The summed E-state index contributed by atoms with van der Waals surface area (Å²) in [6.45, 7) is 4.81. The number of hydrogen-bond acceptors (Lipinski definition) is 3. The lowest BCUT2D eigenvalue weighted by Gasteiger charge is -2.23. The van der Waals surface area contributed by atoms with Crippen LogP contribution in [-0.4, -0.2) is 12.5 Å². The summed E-state index contributed by atoms with van der Waals surface area (Å²) in [6.07, 6.45) is 0.431. The van der Waals surface area contributed by atoms with Crippen molar-refractivity contribution in [2.45, 2.75) is 20.3 Å². The van der Waals surface area contributed by atoms with Gasteiger partial charge in [0.2, 0.25) is 5.91 Å². The van der Waals surface area contributed by atoms with Crippen molar-refractivity contribution in [2.24, 2.45) is 0 Å². The summed E-state index contributed by atoms with van der Waals surface area (Å²) in [5.41, 5.74) is 5.16. The minimum Gasteiger partial charge on any atom is -0.286 e. The van der Waals surface area contributed by atoms with Gasteiger partial charge in [0.25, 0.3) is 0 Å². The maximum absolute atomic E-state index is 12.0. The predicted molar refractivity (Wildman–Crippen MR) is 80.4 cm³/mol. The van der Waals surface area contributed by atoms with Crippen LogP contribution in [0.15, 0.2) is 41.8 Å². The van der Waals surface area contributed by atoms with Crippen molar-refractivity contribution in [3.63, 3.8) is 0 Å². The molecule has 2 aromatic rings. The molecule has 19 heavy (non-hydrogen) atoms. The summed E-state index contributed by atoms with van der Waals surface area (Å²) >= 11 is 1.60. The molecule has 0 bridgehead atoms. The molecule has 0 radical (unpaired) electrons. The van der Waals surface area contributed by atoms with E-state index >= 15 is 0 Å². The topological polar surface area (TPSA) is 32.3 Å². The van der Waals surface area contributed by atoms with E-state index in [1.54, 1.807) is 11.3 Å². The van der Waals surface area contributed by atoms with Crippen LogP contribution in [-0.2, 0) is 11.2 Å². The van der Waals surface area contributed by atoms with Gasteiger partial charge >= 0.3 is 0 Å². The van der Waals surface area contributed by atoms with Gasteiger partial charge in [0.1, 0.15) is 0 Å². The maximum atomic E-state index is 12.0. The number of anilines is 1. The van der Waals surface area contributed by atoms with Crippen LogP contribution in [0.3, 0.4) is 0 Å². The minimum atomic E-state index is 0.0184. The fourth-order valence-corrected chi connectivity index (χ4v) is 2.52. The summed E-state index contributed by atoms with van der Waals surface area (Å²) in [5, 5.41) is 3.86. The molecule has 0 aliphatic heterocycles. The normalized spacial score (nSPS) is 10.2. The molecule has 0 fully saturated rings. The molecule has 1 aromatic carbocycles. The van der Waals surface area contributed by atoms with E-state index in [1.165, 1.54) is 5.56 Å². The van der Waals surface area contributed by atoms with Gasteiger partial charge in [0.05, 0.1) is 12.1 Å². The standard InChI is InChI=1S/C15H18N2OS/c1-3-17(13-8-6-12(2)7-9-13)16-15(18)11-14-5-4-10-19-14/h4-10H,3,11H2,1-2H3,(H,16,18). The van der Waals surface area contributed by atoms with Crippen molar-refractivity contribution < 1.29 is 4.79 Å². The largest absolute Gasteiger partial charge is 0.286 e. The van der Waals surface area contributed by atoms with Crippen LogP contribution in [0.1, 0.15) is 17.4 Å². The highest BCUT2D eigenvalue weighted by molar-refractivity contribution is 7.10. The molecule has 0 aliphatic carbocycles. The maximum Gasteiger partial charge on any atom is 0.243 e. The first-order valence-corrected chi connectivity index (χ1v) is 7.23. The molecule has 0 saturated carbocycles. The molecule has 2 rings (SSSR count). The molecule has 0 aliphatic rings. The lowest BCUT2D eigenvalue weighted by Crippen LogP contribution is -2.42. The van der Waals surface area contributed by atoms with Gasteiger partial charge in [-0.25, -0.2) is 0 Å². The predicted octanol–water partition coefficient (Wildman–Crippen LogP) is 3.16. The molecular formula is C15H18N2OS. The van der Waals surface area contributed by atoms with Gasteiger partial charge in [0, 0.05) is 11.4 Å². The Hall–Kier alpha value is -1.81. The minimum absolute atomic E-state index is 0.0184. The first-order chi connectivity index (χ1) is 9.19. The number of carbonyl (C=O) groups is 1. The molecule has 1 heterocycles. The van der Waals surface area contributed by atoms with E-state index < -0.39 is 0 Å². The van der Waals surface area contributed by atoms with Crippen molar-refractivity contribution in [1.29, 1.82) is 0 Å². The van der Waals surface area contributed by atoms with E-state index in [9.17, 15) is 4.79 Å². The van der Waals surface area contributed by atoms with Crippen molar-refractivity contribution in [1.82, 2.24) is 5.43 Å². The molecule has 0 saturated heterocycles. The second-order valence-electron chi connectivity index (χ2n) is 4.37. The Balaban J connectivity index is 1.98. The Morgan fingerprint density at radius 2 is 2.00 bits per heavy atom. The second kappa shape index (κ2) is 6.38. The monoisotopic (exact) mass is 274 g/mol. The fourth-order valence-electron chi connectivity index (χ4n) is 1.81. The summed E-state index contributed by atoms with van der Waals surface area (Å²) < 4.78 is 0. The molecule has 1 amide bonds. The number of nitrogens with one attached hydrogen (secondary N) is 1. The van der Waals surface area contributed by atoms with Crippen LogP contribution in [0.5, 0.6) is 0 Å². The van der Waals surface area contributed by atoms with Gasteiger partial charge in [-0.05, 0) is 37.4 Å². The zero-order chi connectivity index (χ0) is 13.7. The SMILES string of the molecule is CCN(NC(=O)Cc1cccs1)c1ccc(C)cc1. The summed E-state index contributed by atoms with van der Waals surface area (Å²) in [5.74, 6) is 0.0184. The first-order valence-electron chi connectivity index (χ1n) is 6.35. The van der Waals surface area contributed by atoms with Gasteiger partial charge in [-0.3, -0.25) is 15.2 Å². The highest BCUT2D eigenvalue weighted by atomic mass is 32.1. The Morgan fingerprint density at radius 3 is 2.58 bits per heavy atom. The van der Waals surface area contributed by atoms with Crippen LogP contribution in [0.4, 0.5) is 5.69 Å². The zero-order valence-electron chi connectivity index (χ0n) is 11.2. The number of thiophene rings is 1. The van der Waals surface area contributed by atoms with Crippen LogP contribution in [0.25, 0.3) is 0 Å². The van der Waals surface area contributed by atoms with Gasteiger partial charge in [-0.2, -0.15) is 0 Å². The van der Waals surface area contributed by atoms with Crippen LogP contribution in [0, 0.1) is 6.92 Å². The lowest BCUT2D eigenvalue weighted by atomic mass is 10.2. The fraction of sp³-hybridized carbons (Fsp3) is 0.267. The molecule has 0 atom stereocenters.